The molecule has 158 valence electrons. The van der Waals surface area contributed by atoms with E-state index in [9.17, 15) is 18.4 Å². The number of hydrogen-bond donors (Lipinski definition) is 0. The van der Waals surface area contributed by atoms with Crippen LogP contribution in [0.2, 0.25) is 0 Å². The van der Waals surface area contributed by atoms with Crippen molar-refractivity contribution in [1.82, 2.24) is 19.1 Å². The van der Waals surface area contributed by atoms with Gasteiger partial charge in [-0.1, -0.05) is 18.2 Å². The number of para-hydroxylation sites is 1. The smallest absolute Gasteiger partial charge is 0.411 e. The van der Waals surface area contributed by atoms with Crippen molar-refractivity contribution < 1.29 is 18.3 Å². The fraction of sp³-hybridized carbons (Fsp3) is 0.381. The minimum absolute atomic E-state index is 0.0478. The Hall–Kier alpha value is -3.23. The molecule has 0 unspecified atom stereocenters. The van der Waals surface area contributed by atoms with Gasteiger partial charge < -0.3 is 4.74 Å². The van der Waals surface area contributed by atoms with E-state index < -0.39 is 35.3 Å². The maximum absolute atomic E-state index is 14.4. The summed E-state index contributed by atoms with van der Waals surface area (Å²) >= 11 is 0. The molecule has 0 N–H and O–H groups in total. The first-order valence-corrected chi connectivity index (χ1v) is 9.64. The molecular formula is C21H22F2N4O3. The van der Waals surface area contributed by atoms with Crippen LogP contribution in [0.3, 0.4) is 0 Å². The van der Waals surface area contributed by atoms with Crippen molar-refractivity contribution in [2.24, 2.45) is 0 Å². The molecule has 1 aliphatic heterocycles. The third-order valence-corrected chi connectivity index (χ3v) is 4.85. The van der Waals surface area contributed by atoms with Crippen molar-refractivity contribution in [3.63, 3.8) is 0 Å². The minimum Gasteiger partial charge on any atom is -0.444 e. The summed E-state index contributed by atoms with van der Waals surface area (Å²) in [4.78, 5) is 27.2. The zero-order valence-corrected chi connectivity index (χ0v) is 16.9. The van der Waals surface area contributed by atoms with E-state index in [2.05, 4.69) is 5.10 Å². The van der Waals surface area contributed by atoms with E-state index >= 15 is 0 Å². The zero-order valence-electron chi connectivity index (χ0n) is 16.9. The Balaban J connectivity index is 1.91. The minimum atomic E-state index is -1.30. The monoisotopic (exact) mass is 416 g/mol. The Morgan fingerprint density at radius 2 is 1.90 bits per heavy atom. The molecule has 1 saturated heterocycles. The first kappa shape index (κ1) is 20.1. The van der Waals surface area contributed by atoms with Crippen molar-refractivity contribution in [3.8, 4) is 5.69 Å². The SMILES string of the molecule is CC(C)(C)OC(=O)N1C[C@@H](F)C[C@H]1c1nn2ccc(F)c2c(=O)n1-c1ccccc1. The van der Waals surface area contributed by atoms with Gasteiger partial charge in [0.05, 0.1) is 18.3 Å². The second-order valence-corrected chi connectivity index (χ2v) is 8.27. The van der Waals surface area contributed by atoms with Gasteiger partial charge in [0.25, 0.3) is 5.56 Å². The molecule has 30 heavy (non-hydrogen) atoms. The number of benzene rings is 1. The van der Waals surface area contributed by atoms with E-state index in [1.807, 2.05) is 0 Å². The molecule has 1 aliphatic rings. The third-order valence-electron chi connectivity index (χ3n) is 4.85. The summed E-state index contributed by atoms with van der Waals surface area (Å²) < 4.78 is 36.5. The van der Waals surface area contributed by atoms with Gasteiger partial charge in [0, 0.05) is 12.6 Å². The highest BCUT2D eigenvalue weighted by atomic mass is 19.1. The second kappa shape index (κ2) is 7.23. The van der Waals surface area contributed by atoms with Gasteiger partial charge in [-0.25, -0.2) is 18.1 Å². The summed E-state index contributed by atoms with van der Waals surface area (Å²) in [5.74, 6) is -0.567. The Bertz CT molecular complexity index is 1150. The standard InChI is InChI=1S/C21H22F2N4O3/c1-21(2,3)30-20(29)25-12-13(22)11-16(25)18-24-26-10-9-15(23)17(26)19(28)27(18)14-7-5-4-6-8-14/h4-10,13,16H,11-12H2,1-3H3/t13-,16-/m0/s1. The maximum atomic E-state index is 14.4. The van der Waals surface area contributed by atoms with Crippen LogP contribution in [-0.2, 0) is 4.74 Å². The first-order chi connectivity index (χ1) is 14.2. The number of alkyl halides is 1. The summed E-state index contributed by atoms with van der Waals surface area (Å²) in [5, 5.41) is 4.40. The van der Waals surface area contributed by atoms with Crippen molar-refractivity contribution in [2.75, 3.05) is 6.54 Å². The van der Waals surface area contributed by atoms with Crippen LogP contribution in [0.15, 0.2) is 47.4 Å². The van der Waals surface area contributed by atoms with Gasteiger partial charge in [-0.05, 0) is 39.0 Å². The molecule has 1 aromatic carbocycles. The normalized spacial score (nSPS) is 19.4. The predicted octanol–water partition coefficient (Wildman–Crippen LogP) is 3.64. The summed E-state index contributed by atoms with van der Waals surface area (Å²) in [6.07, 6.45) is -0.723. The molecule has 0 saturated carbocycles. The van der Waals surface area contributed by atoms with E-state index in [0.29, 0.717) is 5.69 Å². The van der Waals surface area contributed by atoms with Gasteiger partial charge in [-0.15, -0.1) is 0 Å². The number of amides is 1. The first-order valence-electron chi connectivity index (χ1n) is 9.64. The van der Waals surface area contributed by atoms with Crippen LogP contribution in [0.1, 0.15) is 39.1 Å². The molecule has 7 nitrogen and oxygen atoms in total. The molecule has 2 atom stereocenters. The average Bonchev–Trinajstić information content (AvgIpc) is 3.24. The van der Waals surface area contributed by atoms with Crippen LogP contribution in [0.25, 0.3) is 11.2 Å². The van der Waals surface area contributed by atoms with Gasteiger partial charge in [-0.2, -0.15) is 5.10 Å². The zero-order chi connectivity index (χ0) is 21.6. The number of halogens is 2. The summed E-state index contributed by atoms with van der Waals surface area (Å²) in [6, 6.07) is 8.86. The molecule has 3 heterocycles. The lowest BCUT2D eigenvalue weighted by Gasteiger charge is -2.29. The number of aromatic nitrogens is 3. The molecule has 0 radical (unpaired) electrons. The highest BCUT2D eigenvalue weighted by Gasteiger charge is 2.41. The Morgan fingerprint density at radius 1 is 1.20 bits per heavy atom. The number of hydrogen-bond acceptors (Lipinski definition) is 4. The molecule has 9 heteroatoms. The largest absolute Gasteiger partial charge is 0.444 e. The van der Waals surface area contributed by atoms with E-state index in [1.54, 1.807) is 51.1 Å². The van der Waals surface area contributed by atoms with Gasteiger partial charge in [0.1, 0.15) is 11.8 Å². The van der Waals surface area contributed by atoms with Gasteiger partial charge in [0.15, 0.2) is 17.2 Å². The maximum Gasteiger partial charge on any atom is 0.411 e. The van der Waals surface area contributed by atoms with Crippen molar-refractivity contribution in [1.29, 1.82) is 0 Å². The third kappa shape index (κ3) is 3.55. The molecule has 0 spiro atoms. The van der Waals surface area contributed by atoms with Crippen LogP contribution in [0, 0.1) is 5.82 Å². The number of fused-ring (bicyclic) bond motifs is 1. The van der Waals surface area contributed by atoms with Crippen LogP contribution in [-0.4, -0.2) is 43.5 Å². The summed E-state index contributed by atoms with van der Waals surface area (Å²) in [7, 11) is 0. The molecule has 1 fully saturated rings. The number of carbonyl (C=O) groups is 1. The lowest BCUT2D eigenvalue weighted by Crippen LogP contribution is -2.39. The Morgan fingerprint density at radius 3 is 2.57 bits per heavy atom. The van der Waals surface area contributed by atoms with Gasteiger partial charge >= 0.3 is 6.09 Å². The molecule has 0 bridgehead atoms. The lowest BCUT2D eigenvalue weighted by molar-refractivity contribution is 0.0207. The highest BCUT2D eigenvalue weighted by Crippen LogP contribution is 2.34. The van der Waals surface area contributed by atoms with E-state index in [1.165, 1.54) is 15.7 Å². The summed E-state index contributed by atoms with van der Waals surface area (Å²) in [6.45, 7) is 4.98. The molecule has 2 aromatic heterocycles. The summed E-state index contributed by atoms with van der Waals surface area (Å²) in [5.41, 5.74) is -1.18. The highest BCUT2D eigenvalue weighted by molar-refractivity contribution is 5.69. The fourth-order valence-corrected chi connectivity index (χ4v) is 3.64. The molecule has 0 aliphatic carbocycles. The van der Waals surface area contributed by atoms with Crippen LogP contribution < -0.4 is 5.56 Å². The van der Waals surface area contributed by atoms with Crippen molar-refractivity contribution >= 4 is 11.6 Å². The number of likely N-dealkylation sites (tertiary alicyclic amines) is 1. The molecule has 4 rings (SSSR count). The lowest BCUT2D eigenvalue weighted by atomic mass is 10.1. The van der Waals surface area contributed by atoms with E-state index in [-0.39, 0.29) is 24.3 Å². The van der Waals surface area contributed by atoms with Crippen molar-refractivity contribution in [2.45, 2.75) is 45.0 Å². The number of nitrogens with zero attached hydrogens (tertiary/aromatic N) is 4. The number of rotatable bonds is 2. The number of carbonyl (C=O) groups excluding carboxylic acids is 1. The van der Waals surface area contributed by atoms with E-state index in [0.717, 1.165) is 10.6 Å². The molecule has 1 amide bonds. The van der Waals surface area contributed by atoms with Crippen LogP contribution in [0.4, 0.5) is 13.6 Å². The topological polar surface area (TPSA) is 68.8 Å². The second-order valence-electron chi connectivity index (χ2n) is 8.27. The van der Waals surface area contributed by atoms with Gasteiger partial charge in [-0.3, -0.25) is 14.3 Å². The Kier molecular flexibility index (Phi) is 4.83. The van der Waals surface area contributed by atoms with Gasteiger partial charge in [0.2, 0.25) is 0 Å². The average molecular weight is 416 g/mol. The molecular weight excluding hydrogens is 394 g/mol. The van der Waals surface area contributed by atoms with Crippen molar-refractivity contribution in [3.05, 3.63) is 64.6 Å². The quantitative estimate of drug-likeness (QED) is 0.640. The molecule has 3 aromatic rings. The van der Waals surface area contributed by atoms with Crippen LogP contribution in [0.5, 0.6) is 0 Å². The predicted molar refractivity (Wildman–Crippen MR) is 106 cm³/mol. The van der Waals surface area contributed by atoms with E-state index in [4.69, 9.17) is 4.74 Å². The fourth-order valence-electron chi connectivity index (χ4n) is 3.64. The Labute approximate surface area is 171 Å². The van der Waals surface area contributed by atoms with Crippen LogP contribution >= 0.6 is 0 Å². The number of ether oxygens (including phenoxy) is 1.